The van der Waals surface area contributed by atoms with Crippen LogP contribution in [-0.2, 0) is 5.66 Å². The molecule has 4 N–H and O–H groups in total. The molecule has 0 saturated heterocycles. The highest BCUT2D eigenvalue weighted by Crippen LogP contribution is 2.38. The average molecular weight is 326 g/mol. The maximum atomic E-state index is 5.91. The molecule has 6 nitrogen and oxygen atoms in total. The molecule has 2 aromatic rings. The van der Waals surface area contributed by atoms with Gasteiger partial charge in [-0.05, 0) is 37.3 Å². The summed E-state index contributed by atoms with van der Waals surface area (Å²) in [6.07, 6.45) is 0. The number of benzene rings is 2. The fourth-order valence-corrected chi connectivity index (χ4v) is 2.91. The van der Waals surface area contributed by atoms with Crippen molar-refractivity contribution in [3.05, 3.63) is 47.5 Å². The minimum Gasteiger partial charge on any atom is -0.493 e. The fourth-order valence-electron chi connectivity index (χ4n) is 2.91. The molecule has 1 unspecified atom stereocenters. The highest BCUT2D eigenvalue weighted by atomic mass is 16.5. The lowest BCUT2D eigenvalue weighted by Crippen LogP contribution is -2.38. The summed E-state index contributed by atoms with van der Waals surface area (Å²) in [6, 6.07) is 11.5. The van der Waals surface area contributed by atoms with E-state index in [1.807, 2.05) is 50.4 Å². The van der Waals surface area contributed by atoms with E-state index in [4.69, 9.17) is 20.2 Å². The minimum atomic E-state index is -0.638. The van der Waals surface area contributed by atoms with Gasteiger partial charge < -0.3 is 25.8 Å². The van der Waals surface area contributed by atoms with Crippen molar-refractivity contribution in [1.29, 1.82) is 0 Å². The Morgan fingerprint density at radius 1 is 1.08 bits per heavy atom. The number of rotatable bonds is 3. The Morgan fingerprint density at radius 2 is 1.83 bits per heavy atom. The molecule has 0 aliphatic carbocycles. The van der Waals surface area contributed by atoms with Crippen LogP contribution in [0, 0.1) is 0 Å². The number of fused-ring (bicyclic) bond motifs is 1. The number of aliphatic imine (C=N–C) groups is 1. The van der Waals surface area contributed by atoms with Crippen molar-refractivity contribution in [2.75, 3.05) is 32.3 Å². The number of nitrogens with two attached hydrogens (primary N) is 1. The minimum absolute atomic E-state index is 0.638. The number of nitrogens with zero attached hydrogens (tertiary/aromatic N) is 1. The smallest absolute Gasteiger partial charge is 0.161 e. The molecular weight excluding hydrogens is 304 g/mol. The van der Waals surface area contributed by atoms with Crippen LogP contribution in [0.1, 0.15) is 18.1 Å². The molecule has 1 aliphatic heterocycles. The molecule has 1 heterocycles. The van der Waals surface area contributed by atoms with Crippen molar-refractivity contribution in [3.63, 3.8) is 0 Å². The van der Waals surface area contributed by atoms with Crippen molar-refractivity contribution in [3.8, 4) is 11.5 Å². The third kappa shape index (κ3) is 2.60. The van der Waals surface area contributed by atoms with Gasteiger partial charge in [-0.2, -0.15) is 0 Å². The average Bonchev–Trinajstić information content (AvgIpc) is 2.60. The number of hydrogen-bond donors (Lipinski definition) is 3. The highest BCUT2D eigenvalue weighted by molar-refractivity contribution is 6.05. The zero-order chi connectivity index (χ0) is 17.3. The molecule has 6 heteroatoms. The molecule has 0 saturated carbocycles. The van der Waals surface area contributed by atoms with Gasteiger partial charge >= 0.3 is 0 Å². The van der Waals surface area contributed by atoms with Gasteiger partial charge in [0.1, 0.15) is 5.84 Å². The van der Waals surface area contributed by atoms with Gasteiger partial charge in [-0.15, -0.1) is 0 Å². The zero-order valence-electron chi connectivity index (χ0n) is 14.3. The van der Waals surface area contributed by atoms with E-state index in [-0.39, 0.29) is 0 Å². The van der Waals surface area contributed by atoms with Crippen LogP contribution in [0.5, 0.6) is 11.5 Å². The normalized spacial score (nSPS) is 18.9. The van der Waals surface area contributed by atoms with Crippen molar-refractivity contribution in [2.45, 2.75) is 12.6 Å². The van der Waals surface area contributed by atoms with Gasteiger partial charge in [0.15, 0.2) is 17.2 Å². The zero-order valence-corrected chi connectivity index (χ0v) is 14.3. The van der Waals surface area contributed by atoms with Crippen molar-refractivity contribution in [1.82, 2.24) is 5.32 Å². The van der Waals surface area contributed by atoms with Gasteiger partial charge in [-0.1, -0.05) is 6.07 Å². The number of ether oxygens (including phenoxy) is 2. The Hall–Kier alpha value is -2.89. The maximum absolute atomic E-state index is 5.91. The molecule has 0 aromatic heterocycles. The maximum Gasteiger partial charge on any atom is 0.161 e. The largest absolute Gasteiger partial charge is 0.493 e. The summed E-state index contributed by atoms with van der Waals surface area (Å²) in [7, 11) is 5.10. The molecule has 3 rings (SSSR count). The van der Waals surface area contributed by atoms with Crippen LogP contribution in [0.3, 0.4) is 0 Å². The lowest BCUT2D eigenvalue weighted by molar-refractivity contribution is 0.353. The van der Waals surface area contributed by atoms with Crippen LogP contribution in [0.15, 0.2) is 41.4 Å². The lowest BCUT2D eigenvalue weighted by Gasteiger charge is -2.35. The van der Waals surface area contributed by atoms with Crippen LogP contribution in [0.4, 0.5) is 11.4 Å². The molecule has 0 fully saturated rings. The second-order valence-electron chi connectivity index (χ2n) is 5.78. The molecule has 1 aliphatic rings. The number of nitrogens with one attached hydrogen (secondary N) is 2. The van der Waals surface area contributed by atoms with E-state index in [2.05, 4.69) is 10.6 Å². The van der Waals surface area contributed by atoms with E-state index in [1.54, 1.807) is 14.2 Å². The van der Waals surface area contributed by atoms with Crippen LogP contribution in [0.2, 0.25) is 0 Å². The third-order valence-corrected chi connectivity index (χ3v) is 4.19. The standard InChI is InChI=1S/C18H22N4O2/c1-18(11-5-8-15(23-3)16(9-11)24-4)21-14-7-6-12(19)10-13(14)17(20-2)22-18/h5-10,21H,19H2,1-4H3,(H,20,22). The summed E-state index contributed by atoms with van der Waals surface area (Å²) in [5, 5.41) is 6.65. The summed E-state index contributed by atoms with van der Waals surface area (Å²) in [6.45, 7) is 2.02. The first kappa shape index (κ1) is 16.0. The molecular formula is C18H22N4O2. The number of hydrogen-bond acceptors (Lipinski definition) is 6. The third-order valence-electron chi connectivity index (χ3n) is 4.19. The Morgan fingerprint density at radius 3 is 2.50 bits per heavy atom. The summed E-state index contributed by atoms with van der Waals surface area (Å²) >= 11 is 0. The monoisotopic (exact) mass is 326 g/mol. The number of amidine groups is 1. The molecule has 0 spiro atoms. The number of nitrogen functional groups attached to an aromatic ring is 1. The Kier molecular flexibility index (Phi) is 3.97. The quantitative estimate of drug-likeness (QED) is 0.755. The lowest BCUT2D eigenvalue weighted by atomic mass is 9.97. The molecule has 1 atom stereocenters. The van der Waals surface area contributed by atoms with Crippen LogP contribution in [0.25, 0.3) is 0 Å². The second-order valence-corrected chi connectivity index (χ2v) is 5.78. The highest BCUT2D eigenvalue weighted by Gasteiger charge is 2.32. The predicted octanol–water partition coefficient (Wildman–Crippen LogP) is 2.55. The van der Waals surface area contributed by atoms with Crippen LogP contribution < -0.4 is 25.8 Å². The van der Waals surface area contributed by atoms with E-state index in [1.165, 1.54) is 0 Å². The van der Waals surface area contributed by atoms with E-state index in [9.17, 15) is 0 Å². The Bertz CT molecular complexity index is 804. The topological polar surface area (TPSA) is 80.9 Å². The number of anilines is 2. The fraction of sp³-hybridized carbons (Fsp3) is 0.278. The second kappa shape index (κ2) is 5.96. The van der Waals surface area contributed by atoms with Crippen LogP contribution in [-0.4, -0.2) is 27.1 Å². The summed E-state index contributed by atoms with van der Waals surface area (Å²) in [5.74, 6) is 2.14. The molecule has 2 aromatic carbocycles. The van der Waals surface area contributed by atoms with Gasteiger partial charge in [-0.25, -0.2) is 4.99 Å². The summed E-state index contributed by atoms with van der Waals surface area (Å²) in [4.78, 5) is 4.86. The van der Waals surface area contributed by atoms with E-state index in [0.717, 1.165) is 22.6 Å². The first-order valence-electron chi connectivity index (χ1n) is 7.69. The van der Waals surface area contributed by atoms with Crippen LogP contribution >= 0.6 is 0 Å². The Labute approximate surface area is 141 Å². The summed E-state index contributed by atoms with van der Waals surface area (Å²) in [5.41, 5.74) is 8.87. The summed E-state index contributed by atoms with van der Waals surface area (Å²) < 4.78 is 10.7. The molecule has 0 amide bonds. The molecule has 126 valence electrons. The van der Waals surface area contributed by atoms with E-state index in [0.29, 0.717) is 17.2 Å². The van der Waals surface area contributed by atoms with Gasteiger partial charge in [0.2, 0.25) is 0 Å². The number of methoxy groups -OCH3 is 2. The SMILES string of the molecule is CNC1=NC(C)(c2ccc(OC)c(OC)c2)Nc2ccc(N)cc21. The first-order valence-corrected chi connectivity index (χ1v) is 7.69. The van der Waals surface area contributed by atoms with Crippen molar-refractivity contribution in [2.24, 2.45) is 4.99 Å². The molecule has 0 bridgehead atoms. The Balaban J connectivity index is 2.10. The van der Waals surface area contributed by atoms with E-state index < -0.39 is 5.66 Å². The van der Waals surface area contributed by atoms with Crippen molar-refractivity contribution >= 4 is 17.2 Å². The van der Waals surface area contributed by atoms with Gasteiger partial charge in [-0.3, -0.25) is 0 Å². The van der Waals surface area contributed by atoms with Gasteiger partial charge in [0.05, 0.1) is 14.2 Å². The molecule has 24 heavy (non-hydrogen) atoms. The van der Waals surface area contributed by atoms with Gasteiger partial charge in [0, 0.05) is 29.5 Å². The van der Waals surface area contributed by atoms with Crippen molar-refractivity contribution < 1.29 is 9.47 Å². The van der Waals surface area contributed by atoms with E-state index >= 15 is 0 Å². The molecule has 0 radical (unpaired) electrons. The predicted molar refractivity (Wildman–Crippen MR) is 97.0 cm³/mol. The first-order chi connectivity index (χ1) is 11.5. The van der Waals surface area contributed by atoms with Gasteiger partial charge in [0.25, 0.3) is 0 Å².